The molecule has 3 rings (SSSR count). The number of aryl methyl sites for hydroxylation is 1. The fourth-order valence-corrected chi connectivity index (χ4v) is 3.20. The zero-order chi connectivity index (χ0) is 20.8. The first-order chi connectivity index (χ1) is 13.9. The van der Waals surface area contributed by atoms with Crippen molar-refractivity contribution in [1.29, 1.82) is 0 Å². The summed E-state index contributed by atoms with van der Waals surface area (Å²) in [6.45, 7) is 4.40. The van der Waals surface area contributed by atoms with Crippen molar-refractivity contribution < 1.29 is 14.3 Å². The lowest BCUT2D eigenvalue weighted by Gasteiger charge is -2.17. The van der Waals surface area contributed by atoms with Gasteiger partial charge in [0.15, 0.2) is 0 Å². The number of nitrogen functional groups attached to an aromatic ring is 1. The van der Waals surface area contributed by atoms with Crippen LogP contribution in [0.1, 0.15) is 24.6 Å². The summed E-state index contributed by atoms with van der Waals surface area (Å²) in [7, 11) is 0. The Labute approximate surface area is 170 Å². The molecule has 1 aliphatic rings. The van der Waals surface area contributed by atoms with E-state index >= 15 is 0 Å². The predicted octanol–water partition coefficient (Wildman–Crippen LogP) is 0.903. The molecule has 29 heavy (non-hydrogen) atoms. The molecule has 0 saturated carbocycles. The van der Waals surface area contributed by atoms with Crippen LogP contribution < -0.4 is 26.4 Å². The van der Waals surface area contributed by atoms with Gasteiger partial charge in [-0.3, -0.25) is 9.59 Å². The highest BCUT2D eigenvalue weighted by molar-refractivity contribution is 5.89. The van der Waals surface area contributed by atoms with E-state index in [-0.39, 0.29) is 24.0 Å². The van der Waals surface area contributed by atoms with Crippen molar-refractivity contribution in [2.45, 2.75) is 45.0 Å². The van der Waals surface area contributed by atoms with Crippen molar-refractivity contribution >= 4 is 17.6 Å². The summed E-state index contributed by atoms with van der Waals surface area (Å²) in [6.07, 6.45) is 0.462. The minimum Gasteiger partial charge on any atom is -0.489 e. The van der Waals surface area contributed by atoms with E-state index in [1.54, 1.807) is 13.0 Å². The number of ether oxygens (including phenoxy) is 1. The highest BCUT2D eigenvalue weighted by Crippen LogP contribution is 2.17. The maximum atomic E-state index is 12.5. The normalized spacial score (nSPS) is 19.4. The first-order valence-corrected chi connectivity index (χ1v) is 9.67. The number of carbonyl (C=O) groups is 2. The molecule has 1 aromatic heterocycles. The molecule has 5 N–H and O–H groups in total. The largest absolute Gasteiger partial charge is 0.489 e. The van der Waals surface area contributed by atoms with E-state index in [1.165, 1.54) is 0 Å². The van der Waals surface area contributed by atoms with Crippen LogP contribution in [0, 0.1) is 6.92 Å². The van der Waals surface area contributed by atoms with Gasteiger partial charge in [-0.1, -0.05) is 24.3 Å². The lowest BCUT2D eigenvalue weighted by Crippen LogP contribution is -2.50. The number of hydrogen-bond donors (Lipinski definition) is 4. The number of pyridine rings is 1. The summed E-state index contributed by atoms with van der Waals surface area (Å²) in [5.74, 6) is 0.749. The van der Waals surface area contributed by atoms with Gasteiger partial charge in [0.1, 0.15) is 23.7 Å². The lowest BCUT2D eigenvalue weighted by atomic mass is 10.1. The number of hydrogen-bond acceptors (Lipinski definition) is 6. The van der Waals surface area contributed by atoms with Crippen LogP contribution in [0.4, 0.5) is 5.82 Å². The number of nitrogens with two attached hydrogens (primary N) is 1. The molecule has 8 nitrogen and oxygen atoms in total. The number of nitrogens with zero attached hydrogens (tertiary/aromatic N) is 1. The van der Waals surface area contributed by atoms with Crippen molar-refractivity contribution in [3.05, 3.63) is 53.7 Å². The Morgan fingerprint density at radius 2 is 2.03 bits per heavy atom. The van der Waals surface area contributed by atoms with Crippen LogP contribution in [-0.4, -0.2) is 41.5 Å². The predicted molar refractivity (Wildman–Crippen MR) is 110 cm³/mol. The number of benzene rings is 1. The molecule has 2 aromatic rings. The molecule has 0 aliphatic carbocycles. The van der Waals surface area contributed by atoms with Gasteiger partial charge < -0.3 is 26.4 Å². The van der Waals surface area contributed by atoms with Crippen LogP contribution in [0.15, 0.2) is 42.5 Å². The quantitative estimate of drug-likeness (QED) is 0.551. The van der Waals surface area contributed by atoms with Gasteiger partial charge in [-0.25, -0.2) is 4.98 Å². The Kier molecular flexibility index (Phi) is 6.66. The number of carbonyl (C=O) groups excluding carboxylic acids is 2. The fourth-order valence-electron chi connectivity index (χ4n) is 3.20. The smallest absolute Gasteiger partial charge is 0.242 e. The third-order valence-corrected chi connectivity index (χ3v) is 4.87. The molecule has 0 unspecified atom stereocenters. The van der Waals surface area contributed by atoms with Crippen LogP contribution in [0.2, 0.25) is 0 Å². The molecule has 2 heterocycles. The summed E-state index contributed by atoms with van der Waals surface area (Å²) in [5.41, 5.74) is 7.28. The van der Waals surface area contributed by atoms with Gasteiger partial charge in [0.05, 0.1) is 6.04 Å². The minimum absolute atomic E-state index is 0.0849. The van der Waals surface area contributed by atoms with E-state index in [0.717, 1.165) is 17.0 Å². The molecule has 2 amide bonds. The van der Waals surface area contributed by atoms with Crippen LogP contribution in [0.5, 0.6) is 5.75 Å². The molecule has 3 atom stereocenters. The molecule has 1 aromatic carbocycles. The molecule has 1 saturated heterocycles. The number of nitrogens with one attached hydrogen (secondary N) is 3. The minimum atomic E-state index is -0.652. The van der Waals surface area contributed by atoms with E-state index in [4.69, 9.17) is 10.5 Å². The van der Waals surface area contributed by atoms with E-state index < -0.39 is 6.04 Å². The van der Waals surface area contributed by atoms with Crippen LogP contribution in [0.25, 0.3) is 0 Å². The van der Waals surface area contributed by atoms with Crippen molar-refractivity contribution in [2.75, 3.05) is 12.3 Å². The maximum absolute atomic E-state index is 12.5. The average Bonchev–Trinajstić information content (AvgIpc) is 3.16. The number of amides is 2. The Morgan fingerprint density at radius 3 is 2.76 bits per heavy atom. The summed E-state index contributed by atoms with van der Waals surface area (Å²) in [6, 6.07) is 12.0. The Hall–Kier alpha value is -3.13. The molecule has 0 radical (unpaired) electrons. The lowest BCUT2D eigenvalue weighted by molar-refractivity contribution is -0.129. The standard InChI is InChI=1S/C21H27N5O3/c1-13-15(8-9-19(22)25-13)11-24-20(27)14(2)26-21(28)18-10-17(12-23-18)29-16-6-4-3-5-7-16/h3-9,14,17-18,23H,10-12H2,1-2H3,(H2,22,25)(H,24,27)(H,26,28)/t14-,17+,18+/m0/s1. The molecule has 8 heteroatoms. The number of para-hydroxylation sites is 1. The summed E-state index contributed by atoms with van der Waals surface area (Å²) in [4.78, 5) is 29.0. The molecule has 0 spiro atoms. The van der Waals surface area contributed by atoms with E-state index in [0.29, 0.717) is 25.3 Å². The zero-order valence-electron chi connectivity index (χ0n) is 16.6. The van der Waals surface area contributed by atoms with Gasteiger partial charge in [0, 0.05) is 25.2 Å². The topological polar surface area (TPSA) is 118 Å². The monoisotopic (exact) mass is 397 g/mol. The summed E-state index contributed by atoms with van der Waals surface area (Å²) < 4.78 is 5.88. The van der Waals surface area contributed by atoms with Gasteiger partial charge >= 0.3 is 0 Å². The number of aromatic nitrogens is 1. The van der Waals surface area contributed by atoms with Crippen molar-refractivity contribution in [3.63, 3.8) is 0 Å². The first kappa shape index (κ1) is 20.6. The molecule has 154 valence electrons. The Morgan fingerprint density at radius 1 is 1.28 bits per heavy atom. The van der Waals surface area contributed by atoms with Crippen LogP contribution in [-0.2, 0) is 16.1 Å². The second-order valence-electron chi connectivity index (χ2n) is 7.18. The first-order valence-electron chi connectivity index (χ1n) is 9.67. The van der Waals surface area contributed by atoms with Gasteiger partial charge in [-0.2, -0.15) is 0 Å². The van der Waals surface area contributed by atoms with Crippen molar-refractivity contribution in [2.24, 2.45) is 0 Å². The summed E-state index contributed by atoms with van der Waals surface area (Å²) in [5, 5.41) is 8.73. The number of rotatable bonds is 7. The Balaban J connectivity index is 1.44. The molecule has 1 aliphatic heterocycles. The fraction of sp³-hybridized carbons (Fsp3) is 0.381. The van der Waals surface area contributed by atoms with Crippen LogP contribution >= 0.6 is 0 Å². The zero-order valence-corrected chi connectivity index (χ0v) is 16.6. The van der Waals surface area contributed by atoms with Crippen molar-refractivity contribution in [1.82, 2.24) is 20.9 Å². The third kappa shape index (κ3) is 5.68. The maximum Gasteiger partial charge on any atom is 0.242 e. The molecule has 1 fully saturated rings. The highest BCUT2D eigenvalue weighted by Gasteiger charge is 2.32. The van der Waals surface area contributed by atoms with Gasteiger partial charge in [0.2, 0.25) is 11.8 Å². The molecule has 0 bridgehead atoms. The van der Waals surface area contributed by atoms with Gasteiger partial charge in [-0.15, -0.1) is 0 Å². The third-order valence-electron chi connectivity index (χ3n) is 4.87. The second-order valence-corrected chi connectivity index (χ2v) is 7.18. The van der Waals surface area contributed by atoms with E-state index in [1.807, 2.05) is 43.3 Å². The van der Waals surface area contributed by atoms with Gasteiger partial charge in [-0.05, 0) is 37.6 Å². The van der Waals surface area contributed by atoms with E-state index in [2.05, 4.69) is 20.9 Å². The average molecular weight is 397 g/mol. The van der Waals surface area contributed by atoms with Gasteiger partial charge in [0.25, 0.3) is 0 Å². The SMILES string of the molecule is Cc1nc(N)ccc1CNC(=O)[C@H](C)NC(=O)[C@H]1C[C@@H](Oc2ccccc2)CN1. The van der Waals surface area contributed by atoms with Crippen molar-refractivity contribution in [3.8, 4) is 5.75 Å². The summed E-state index contributed by atoms with van der Waals surface area (Å²) >= 11 is 0. The van der Waals surface area contributed by atoms with E-state index in [9.17, 15) is 9.59 Å². The number of anilines is 1. The Bertz CT molecular complexity index is 859. The molecular formula is C21H27N5O3. The van der Waals surface area contributed by atoms with Crippen LogP contribution in [0.3, 0.4) is 0 Å². The highest BCUT2D eigenvalue weighted by atomic mass is 16.5. The second kappa shape index (κ2) is 9.38. The molecular weight excluding hydrogens is 370 g/mol.